The van der Waals surface area contributed by atoms with Crippen molar-refractivity contribution in [1.29, 1.82) is 0 Å². The zero-order chi connectivity index (χ0) is 15.8. The van der Waals surface area contributed by atoms with Gasteiger partial charge in [0.1, 0.15) is 11.5 Å². The van der Waals surface area contributed by atoms with Gasteiger partial charge in [0.05, 0.1) is 17.2 Å². The third-order valence-electron chi connectivity index (χ3n) is 4.04. The molecule has 0 radical (unpaired) electrons. The summed E-state index contributed by atoms with van der Waals surface area (Å²) in [6.07, 6.45) is 0.919. The van der Waals surface area contributed by atoms with Crippen LogP contribution < -0.4 is 5.73 Å². The second-order valence-corrected chi connectivity index (χ2v) is 7.49. The Morgan fingerprint density at radius 2 is 1.76 bits per heavy atom. The number of hydrogen-bond donors (Lipinski definition) is 1. The molecule has 1 aliphatic heterocycles. The maximum atomic E-state index is 6.42. The molecule has 0 aliphatic carbocycles. The number of morpholine rings is 1. The highest BCUT2D eigenvalue weighted by atomic mass is 16.5. The minimum absolute atomic E-state index is 0.0558. The van der Waals surface area contributed by atoms with E-state index in [0.717, 1.165) is 31.0 Å². The van der Waals surface area contributed by atoms with E-state index in [1.165, 1.54) is 0 Å². The first-order valence-electron chi connectivity index (χ1n) is 7.90. The molecule has 1 aromatic heterocycles. The molecule has 1 aliphatic rings. The number of hydrogen-bond acceptors (Lipinski definition) is 4. The molecular weight excluding hydrogens is 264 g/mol. The lowest BCUT2D eigenvalue weighted by molar-refractivity contribution is -0.190. The summed E-state index contributed by atoms with van der Waals surface area (Å²) in [7, 11) is 0. The number of furan rings is 1. The monoisotopic (exact) mass is 294 g/mol. The standard InChI is InChI=1S/C17H30N2O2/c1-7-13(18)15(14-9-8-12(2)20-14)19-10-16(3,4)21-17(5,6)11-19/h8-9,13,15H,7,10-11,18H2,1-6H3. The Morgan fingerprint density at radius 3 is 2.19 bits per heavy atom. The van der Waals surface area contributed by atoms with E-state index in [1.54, 1.807) is 0 Å². The highest BCUT2D eigenvalue weighted by Gasteiger charge is 2.42. The third kappa shape index (κ3) is 3.87. The van der Waals surface area contributed by atoms with Gasteiger partial charge < -0.3 is 14.9 Å². The summed E-state index contributed by atoms with van der Waals surface area (Å²) in [6, 6.07) is 4.23. The largest absolute Gasteiger partial charge is 0.465 e. The van der Waals surface area contributed by atoms with Crippen molar-refractivity contribution < 1.29 is 9.15 Å². The molecule has 2 heterocycles. The van der Waals surface area contributed by atoms with E-state index in [9.17, 15) is 0 Å². The van der Waals surface area contributed by atoms with E-state index in [0.29, 0.717) is 0 Å². The number of nitrogens with zero attached hydrogens (tertiary/aromatic N) is 1. The molecule has 0 aromatic carbocycles. The Kier molecular flexibility index (Phi) is 4.52. The lowest BCUT2D eigenvalue weighted by atomic mass is 9.93. The second-order valence-electron chi connectivity index (χ2n) is 7.49. The summed E-state index contributed by atoms with van der Waals surface area (Å²) >= 11 is 0. The minimum Gasteiger partial charge on any atom is -0.465 e. The average Bonchev–Trinajstić information content (AvgIpc) is 2.71. The molecule has 120 valence electrons. The Labute approximate surface area is 128 Å². The van der Waals surface area contributed by atoms with Crippen LogP contribution in [0.4, 0.5) is 0 Å². The van der Waals surface area contributed by atoms with E-state index in [2.05, 4.69) is 45.6 Å². The van der Waals surface area contributed by atoms with Gasteiger partial charge in [0.15, 0.2) is 0 Å². The number of ether oxygens (including phenoxy) is 1. The summed E-state index contributed by atoms with van der Waals surface area (Å²) in [5.74, 6) is 1.90. The van der Waals surface area contributed by atoms with Crippen LogP contribution in [0.5, 0.6) is 0 Å². The molecule has 0 amide bonds. The van der Waals surface area contributed by atoms with Gasteiger partial charge in [0, 0.05) is 19.1 Å². The van der Waals surface area contributed by atoms with E-state index < -0.39 is 0 Å². The van der Waals surface area contributed by atoms with E-state index >= 15 is 0 Å². The third-order valence-corrected chi connectivity index (χ3v) is 4.04. The van der Waals surface area contributed by atoms with E-state index in [-0.39, 0.29) is 23.3 Å². The van der Waals surface area contributed by atoms with Gasteiger partial charge in [-0.15, -0.1) is 0 Å². The minimum atomic E-state index is -0.185. The van der Waals surface area contributed by atoms with Crippen LogP contribution in [-0.2, 0) is 4.74 Å². The van der Waals surface area contributed by atoms with Gasteiger partial charge in [-0.2, -0.15) is 0 Å². The Hall–Kier alpha value is -0.840. The molecule has 21 heavy (non-hydrogen) atoms. The van der Waals surface area contributed by atoms with Crippen LogP contribution in [0.1, 0.15) is 58.6 Å². The van der Waals surface area contributed by atoms with Crippen molar-refractivity contribution in [2.75, 3.05) is 13.1 Å². The van der Waals surface area contributed by atoms with Crippen LogP contribution in [0.3, 0.4) is 0 Å². The van der Waals surface area contributed by atoms with Crippen molar-refractivity contribution in [1.82, 2.24) is 4.90 Å². The molecule has 0 bridgehead atoms. The van der Waals surface area contributed by atoms with Gasteiger partial charge in [-0.1, -0.05) is 6.92 Å². The molecule has 4 nitrogen and oxygen atoms in total. The van der Waals surface area contributed by atoms with Crippen LogP contribution in [0, 0.1) is 6.92 Å². The molecule has 2 unspecified atom stereocenters. The summed E-state index contributed by atoms with van der Waals surface area (Å²) < 4.78 is 12.1. The predicted molar refractivity (Wildman–Crippen MR) is 85.3 cm³/mol. The van der Waals surface area contributed by atoms with Crippen LogP contribution in [0.25, 0.3) is 0 Å². The number of rotatable bonds is 4. The Bertz CT molecular complexity index is 463. The summed E-state index contributed by atoms with van der Waals surface area (Å²) in [4.78, 5) is 2.43. The summed E-state index contributed by atoms with van der Waals surface area (Å²) in [5, 5.41) is 0. The fourth-order valence-corrected chi connectivity index (χ4v) is 3.54. The molecule has 2 N–H and O–H groups in total. The molecule has 2 atom stereocenters. The van der Waals surface area contributed by atoms with Gasteiger partial charge in [-0.05, 0) is 53.2 Å². The van der Waals surface area contributed by atoms with Crippen LogP contribution >= 0.6 is 0 Å². The highest BCUT2D eigenvalue weighted by Crippen LogP contribution is 2.35. The zero-order valence-electron chi connectivity index (χ0n) is 14.3. The van der Waals surface area contributed by atoms with E-state index in [1.807, 2.05) is 13.0 Å². The van der Waals surface area contributed by atoms with Gasteiger partial charge in [-0.25, -0.2) is 0 Å². The molecule has 1 fully saturated rings. The molecule has 4 heteroatoms. The van der Waals surface area contributed by atoms with Crippen molar-refractivity contribution in [3.8, 4) is 0 Å². The van der Waals surface area contributed by atoms with Gasteiger partial charge in [0.2, 0.25) is 0 Å². The van der Waals surface area contributed by atoms with Crippen LogP contribution in [0.15, 0.2) is 16.5 Å². The quantitative estimate of drug-likeness (QED) is 0.926. The van der Waals surface area contributed by atoms with Crippen molar-refractivity contribution >= 4 is 0 Å². The van der Waals surface area contributed by atoms with Crippen molar-refractivity contribution in [3.05, 3.63) is 23.7 Å². The van der Waals surface area contributed by atoms with Crippen molar-refractivity contribution in [2.45, 2.75) is 71.2 Å². The zero-order valence-corrected chi connectivity index (χ0v) is 14.3. The van der Waals surface area contributed by atoms with Gasteiger partial charge in [0.25, 0.3) is 0 Å². The van der Waals surface area contributed by atoms with E-state index in [4.69, 9.17) is 14.9 Å². The summed E-state index contributed by atoms with van der Waals surface area (Å²) in [6.45, 7) is 14.4. The lowest BCUT2D eigenvalue weighted by Crippen LogP contribution is -2.59. The number of nitrogens with two attached hydrogens (primary N) is 1. The maximum Gasteiger partial charge on any atom is 0.122 e. The molecule has 2 rings (SSSR count). The number of aryl methyl sites for hydroxylation is 1. The first kappa shape index (κ1) is 16.5. The molecule has 1 aromatic rings. The summed E-state index contributed by atoms with van der Waals surface area (Å²) in [5.41, 5.74) is 6.05. The molecule has 1 saturated heterocycles. The average molecular weight is 294 g/mol. The first-order valence-corrected chi connectivity index (χ1v) is 7.90. The van der Waals surface area contributed by atoms with Gasteiger partial charge >= 0.3 is 0 Å². The fraction of sp³-hybridized carbons (Fsp3) is 0.765. The normalized spacial score (nSPS) is 24.7. The smallest absolute Gasteiger partial charge is 0.122 e. The predicted octanol–water partition coefficient (Wildman–Crippen LogP) is 3.26. The Morgan fingerprint density at radius 1 is 1.19 bits per heavy atom. The van der Waals surface area contributed by atoms with Crippen LogP contribution in [-0.4, -0.2) is 35.2 Å². The second kappa shape index (κ2) is 5.75. The topological polar surface area (TPSA) is 51.6 Å². The fourth-order valence-electron chi connectivity index (χ4n) is 3.54. The van der Waals surface area contributed by atoms with Gasteiger partial charge in [-0.3, -0.25) is 4.90 Å². The first-order chi connectivity index (χ1) is 9.63. The van der Waals surface area contributed by atoms with Crippen molar-refractivity contribution in [3.63, 3.8) is 0 Å². The molecule has 0 spiro atoms. The Balaban J connectivity index is 2.32. The van der Waals surface area contributed by atoms with Crippen LogP contribution in [0.2, 0.25) is 0 Å². The maximum absolute atomic E-state index is 6.42. The highest BCUT2D eigenvalue weighted by molar-refractivity contribution is 5.13. The molecule has 0 saturated carbocycles. The van der Waals surface area contributed by atoms with Crippen molar-refractivity contribution in [2.24, 2.45) is 5.73 Å². The SMILES string of the molecule is CCC(N)C(c1ccc(C)o1)N1CC(C)(C)OC(C)(C)C1. The molecular formula is C17H30N2O2. The lowest BCUT2D eigenvalue weighted by Gasteiger charge is -2.50.